The van der Waals surface area contributed by atoms with Crippen LogP contribution in [0.5, 0.6) is 0 Å². The van der Waals surface area contributed by atoms with Crippen LogP contribution in [-0.2, 0) is 0 Å². The van der Waals surface area contributed by atoms with Gasteiger partial charge in [-0.15, -0.1) is 0 Å². The fourth-order valence-corrected chi connectivity index (χ4v) is 1.87. The Balaban J connectivity index is 2.52. The van der Waals surface area contributed by atoms with Gasteiger partial charge in [0.15, 0.2) is 5.78 Å². The lowest BCUT2D eigenvalue weighted by Crippen LogP contribution is -2.06. The summed E-state index contributed by atoms with van der Waals surface area (Å²) in [4.78, 5) is 15.9. The van der Waals surface area contributed by atoms with E-state index in [1.54, 1.807) is 6.07 Å². The van der Waals surface area contributed by atoms with Gasteiger partial charge in [-0.1, -0.05) is 23.7 Å². The molecule has 2 nitrogen and oxygen atoms in total. The Morgan fingerprint density at radius 3 is 2.61 bits per heavy atom. The summed E-state index contributed by atoms with van der Waals surface area (Å²) < 4.78 is 25.8. The highest BCUT2D eigenvalue weighted by Gasteiger charge is 2.22. The molecule has 1 heterocycles. The normalized spacial score (nSPS) is 10.7. The van der Waals surface area contributed by atoms with Gasteiger partial charge in [-0.3, -0.25) is 9.78 Å². The standard InChI is InChI=1S/C13H8ClF2NO/c14-10-5-1-4-9(11(10)13(15)16)12(18)8-3-2-6-17-7-8/h1-7,13H. The van der Waals surface area contributed by atoms with Crippen LogP contribution in [0.25, 0.3) is 0 Å². The zero-order chi connectivity index (χ0) is 13.1. The molecule has 0 aliphatic carbocycles. The van der Waals surface area contributed by atoms with Crippen LogP contribution in [0.4, 0.5) is 8.78 Å². The summed E-state index contributed by atoms with van der Waals surface area (Å²) in [5, 5.41) is -0.111. The number of rotatable bonds is 3. The number of carbonyl (C=O) groups excluding carboxylic acids is 1. The van der Waals surface area contributed by atoms with Gasteiger partial charge in [0.25, 0.3) is 6.43 Å². The molecule has 1 aromatic carbocycles. The number of hydrogen-bond acceptors (Lipinski definition) is 2. The molecule has 0 bridgehead atoms. The van der Waals surface area contributed by atoms with Crippen molar-refractivity contribution in [3.63, 3.8) is 0 Å². The highest BCUT2D eigenvalue weighted by atomic mass is 35.5. The van der Waals surface area contributed by atoms with E-state index >= 15 is 0 Å². The molecular formula is C13H8ClF2NO. The highest BCUT2D eigenvalue weighted by molar-refractivity contribution is 6.32. The van der Waals surface area contributed by atoms with Gasteiger partial charge < -0.3 is 0 Å². The lowest BCUT2D eigenvalue weighted by atomic mass is 9.99. The summed E-state index contributed by atoms with van der Waals surface area (Å²) >= 11 is 5.71. The molecule has 0 unspecified atom stereocenters. The molecule has 2 rings (SSSR count). The number of nitrogens with zero attached hydrogens (tertiary/aromatic N) is 1. The van der Waals surface area contributed by atoms with Crippen LogP contribution < -0.4 is 0 Å². The second-order valence-electron chi connectivity index (χ2n) is 3.57. The van der Waals surface area contributed by atoms with E-state index in [1.807, 2.05) is 0 Å². The Bertz CT molecular complexity index is 572. The molecule has 0 aliphatic heterocycles. The van der Waals surface area contributed by atoms with Gasteiger partial charge in [0.1, 0.15) is 0 Å². The summed E-state index contributed by atoms with van der Waals surface area (Å²) in [6.45, 7) is 0. The maximum atomic E-state index is 12.9. The first-order valence-electron chi connectivity index (χ1n) is 5.12. The van der Waals surface area contributed by atoms with E-state index in [0.29, 0.717) is 0 Å². The fourth-order valence-electron chi connectivity index (χ4n) is 1.61. The van der Waals surface area contributed by atoms with Gasteiger partial charge in [-0.2, -0.15) is 0 Å². The second-order valence-corrected chi connectivity index (χ2v) is 3.98. The van der Waals surface area contributed by atoms with Gasteiger partial charge in [-0.05, 0) is 18.2 Å². The predicted molar refractivity (Wildman–Crippen MR) is 64.1 cm³/mol. The molecular weight excluding hydrogens is 260 g/mol. The van der Waals surface area contributed by atoms with Gasteiger partial charge in [0.2, 0.25) is 0 Å². The van der Waals surface area contributed by atoms with Crippen molar-refractivity contribution in [2.75, 3.05) is 0 Å². The molecule has 0 saturated carbocycles. The average Bonchev–Trinajstić information content (AvgIpc) is 2.38. The number of aromatic nitrogens is 1. The zero-order valence-corrected chi connectivity index (χ0v) is 9.86. The largest absolute Gasteiger partial charge is 0.289 e. The summed E-state index contributed by atoms with van der Waals surface area (Å²) in [5.41, 5.74) is -0.278. The SMILES string of the molecule is O=C(c1cccnc1)c1cccc(Cl)c1C(F)F. The third kappa shape index (κ3) is 2.38. The third-order valence-corrected chi connectivity index (χ3v) is 2.77. The molecule has 0 atom stereocenters. The maximum absolute atomic E-state index is 12.9. The Morgan fingerprint density at radius 1 is 1.22 bits per heavy atom. The Labute approximate surface area is 107 Å². The van der Waals surface area contributed by atoms with Crippen molar-refractivity contribution in [2.24, 2.45) is 0 Å². The van der Waals surface area contributed by atoms with E-state index in [1.165, 1.54) is 36.7 Å². The number of carbonyl (C=O) groups is 1. The van der Waals surface area contributed by atoms with Crippen molar-refractivity contribution in [2.45, 2.75) is 6.43 Å². The lowest BCUT2D eigenvalue weighted by Gasteiger charge is -2.09. The monoisotopic (exact) mass is 267 g/mol. The van der Waals surface area contributed by atoms with Gasteiger partial charge >= 0.3 is 0 Å². The predicted octanol–water partition coefficient (Wildman–Crippen LogP) is 3.90. The minimum absolute atomic E-state index is 0.0921. The third-order valence-electron chi connectivity index (χ3n) is 2.44. The van der Waals surface area contributed by atoms with E-state index in [-0.39, 0.29) is 16.1 Å². The second kappa shape index (κ2) is 5.23. The molecule has 18 heavy (non-hydrogen) atoms. The minimum atomic E-state index is -2.80. The van der Waals surface area contributed by atoms with Crippen LogP contribution in [0.15, 0.2) is 42.7 Å². The number of benzene rings is 1. The maximum Gasteiger partial charge on any atom is 0.266 e. The van der Waals surface area contributed by atoms with Crippen molar-refractivity contribution < 1.29 is 13.6 Å². The summed E-state index contributed by atoms with van der Waals surface area (Å²) in [6, 6.07) is 7.23. The van der Waals surface area contributed by atoms with Crippen LogP contribution in [-0.4, -0.2) is 10.8 Å². The first kappa shape index (κ1) is 12.6. The lowest BCUT2D eigenvalue weighted by molar-refractivity contribution is 0.102. The fraction of sp³-hybridized carbons (Fsp3) is 0.0769. The summed E-state index contributed by atoms with van der Waals surface area (Å²) in [7, 11) is 0. The highest BCUT2D eigenvalue weighted by Crippen LogP contribution is 2.31. The number of ketones is 1. The Morgan fingerprint density at radius 2 is 2.00 bits per heavy atom. The molecule has 92 valence electrons. The van der Waals surface area contributed by atoms with Crippen LogP contribution in [0.1, 0.15) is 27.9 Å². The van der Waals surface area contributed by atoms with Crippen molar-refractivity contribution in [3.05, 3.63) is 64.4 Å². The summed E-state index contributed by atoms with van der Waals surface area (Å²) in [5.74, 6) is -0.513. The molecule has 0 fully saturated rings. The van der Waals surface area contributed by atoms with Crippen LogP contribution in [0.2, 0.25) is 5.02 Å². The Hall–Kier alpha value is -1.81. The molecule has 5 heteroatoms. The van der Waals surface area contributed by atoms with Crippen molar-refractivity contribution in [3.8, 4) is 0 Å². The summed E-state index contributed by atoms with van der Waals surface area (Å²) in [6.07, 6.45) is 0.0377. The molecule has 2 aromatic rings. The van der Waals surface area contributed by atoms with Crippen LogP contribution in [0, 0.1) is 0 Å². The number of pyridine rings is 1. The van der Waals surface area contributed by atoms with E-state index < -0.39 is 17.8 Å². The molecule has 0 saturated heterocycles. The van der Waals surface area contributed by atoms with E-state index in [4.69, 9.17) is 11.6 Å². The van der Waals surface area contributed by atoms with Crippen molar-refractivity contribution >= 4 is 17.4 Å². The molecule has 0 aliphatic rings. The van der Waals surface area contributed by atoms with Crippen molar-refractivity contribution in [1.29, 1.82) is 0 Å². The zero-order valence-electron chi connectivity index (χ0n) is 9.11. The topological polar surface area (TPSA) is 30.0 Å². The van der Waals surface area contributed by atoms with Crippen LogP contribution in [0.3, 0.4) is 0 Å². The number of alkyl halides is 2. The minimum Gasteiger partial charge on any atom is -0.289 e. The van der Waals surface area contributed by atoms with Crippen molar-refractivity contribution in [1.82, 2.24) is 4.98 Å². The first-order chi connectivity index (χ1) is 8.61. The smallest absolute Gasteiger partial charge is 0.266 e. The van der Waals surface area contributed by atoms with Gasteiger partial charge in [0.05, 0.1) is 5.02 Å². The number of halogens is 3. The van der Waals surface area contributed by atoms with E-state index in [2.05, 4.69) is 4.98 Å². The van der Waals surface area contributed by atoms with Gasteiger partial charge in [0, 0.05) is 29.1 Å². The Kier molecular flexibility index (Phi) is 3.67. The van der Waals surface area contributed by atoms with E-state index in [9.17, 15) is 13.6 Å². The molecule has 0 spiro atoms. The van der Waals surface area contributed by atoms with E-state index in [0.717, 1.165) is 0 Å². The molecule has 0 amide bonds. The van der Waals surface area contributed by atoms with Crippen LogP contribution >= 0.6 is 11.6 Å². The average molecular weight is 268 g/mol. The molecule has 0 radical (unpaired) electrons. The quantitative estimate of drug-likeness (QED) is 0.790. The first-order valence-corrected chi connectivity index (χ1v) is 5.50. The van der Waals surface area contributed by atoms with Gasteiger partial charge in [-0.25, -0.2) is 8.78 Å². The molecule has 1 aromatic heterocycles. The number of hydrogen-bond donors (Lipinski definition) is 0. The molecule has 0 N–H and O–H groups in total.